The minimum atomic E-state index is -0.916. The van der Waals surface area contributed by atoms with Gasteiger partial charge < -0.3 is 9.84 Å². The van der Waals surface area contributed by atoms with Crippen molar-refractivity contribution in [2.75, 3.05) is 0 Å². The predicted molar refractivity (Wildman–Crippen MR) is 52.6 cm³/mol. The van der Waals surface area contributed by atoms with Gasteiger partial charge in [-0.15, -0.1) is 0 Å². The van der Waals surface area contributed by atoms with Gasteiger partial charge in [-0.05, 0) is 31.1 Å². The fourth-order valence-electron chi connectivity index (χ4n) is 0.910. The molecule has 0 aliphatic rings. The molecule has 2 nitrogen and oxygen atoms in total. The van der Waals surface area contributed by atoms with E-state index in [0.717, 1.165) is 5.56 Å². The van der Waals surface area contributed by atoms with Gasteiger partial charge in [0, 0.05) is 0 Å². The molecule has 0 aromatic heterocycles. The van der Waals surface area contributed by atoms with E-state index in [1.54, 1.807) is 6.92 Å². The Morgan fingerprint density at radius 2 is 2.08 bits per heavy atom. The highest BCUT2D eigenvalue weighted by Crippen LogP contribution is 2.18. The van der Waals surface area contributed by atoms with Crippen LogP contribution in [0.2, 0.25) is 0 Å². The summed E-state index contributed by atoms with van der Waals surface area (Å²) < 4.78 is 5.26. The molecule has 0 saturated carbocycles. The molecule has 1 unspecified atom stereocenters. The van der Waals surface area contributed by atoms with Crippen molar-refractivity contribution in [1.29, 1.82) is 0 Å². The van der Waals surface area contributed by atoms with Crippen LogP contribution in [0.4, 0.5) is 0 Å². The Balaban J connectivity index is 2.74. The Hall–Kier alpha value is -1.28. The van der Waals surface area contributed by atoms with E-state index < -0.39 is 6.29 Å². The molecular formula is C11H14O2. The van der Waals surface area contributed by atoms with Gasteiger partial charge in [0.2, 0.25) is 6.29 Å². The second kappa shape index (κ2) is 4.10. The molecule has 1 aromatic rings. The van der Waals surface area contributed by atoms with Gasteiger partial charge in [-0.2, -0.15) is 0 Å². The lowest BCUT2D eigenvalue weighted by Gasteiger charge is -2.14. The Bertz CT molecular complexity index is 305. The molecule has 0 saturated heterocycles. The summed E-state index contributed by atoms with van der Waals surface area (Å²) in [6.45, 7) is 7.26. The summed E-state index contributed by atoms with van der Waals surface area (Å²) in [6, 6.07) is 7.55. The first-order chi connectivity index (χ1) is 6.11. The Morgan fingerprint density at radius 3 is 2.62 bits per heavy atom. The molecule has 0 aliphatic heterocycles. The highest BCUT2D eigenvalue weighted by molar-refractivity contribution is 5.32. The van der Waals surface area contributed by atoms with Gasteiger partial charge in [0.15, 0.2) is 0 Å². The molecule has 1 atom stereocenters. The Labute approximate surface area is 78.5 Å². The highest BCUT2D eigenvalue weighted by Gasteiger charge is 2.06. The zero-order valence-electron chi connectivity index (χ0n) is 7.95. The zero-order valence-corrected chi connectivity index (χ0v) is 7.95. The summed E-state index contributed by atoms with van der Waals surface area (Å²) in [5.41, 5.74) is 1.60. The van der Waals surface area contributed by atoms with Crippen molar-refractivity contribution in [3.8, 4) is 5.75 Å². The molecule has 0 radical (unpaired) electrons. The molecule has 2 heteroatoms. The molecule has 0 heterocycles. The van der Waals surface area contributed by atoms with Crippen molar-refractivity contribution in [3.05, 3.63) is 42.0 Å². The van der Waals surface area contributed by atoms with E-state index in [0.29, 0.717) is 11.3 Å². The maximum absolute atomic E-state index is 9.38. The molecule has 0 amide bonds. The van der Waals surface area contributed by atoms with Gasteiger partial charge in [0.05, 0.1) is 0 Å². The minimum Gasteiger partial charge on any atom is -0.461 e. The second-order valence-electron chi connectivity index (χ2n) is 3.08. The van der Waals surface area contributed by atoms with Gasteiger partial charge in [-0.25, -0.2) is 0 Å². The van der Waals surface area contributed by atoms with E-state index in [-0.39, 0.29) is 0 Å². The molecular weight excluding hydrogens is 164 g/mol. The van der Waals surface area contributed by atoms with E-state index >= 15 is 0 Å². The van der Waals surface area contributed by atoms with Gasteiger partial charge in [0.25, 0.3) is 0 Å². The van der Waals surface area contributed by atoms with Gasteiger partial charge in [-0.1, -0.05) is 24.8 Å². The first kappa shape index (κ1) is 9.81. The molecule has 1 rings (SSSR count). The van der Waals surface area contributed by atoms with Crippen LogP contribution in [0.25, 0.3) is 0 Å². The average Bonchev–Trinajstić information content (AvgIpc) is 2.08. The van der Waals surface area contributed by atoms with Gasteiger partial charge >= 0.3 is 0 Å². The smallest absolute Gasteiger partial charge is 0.219 e. The van der Waals surface area contributed by atoms with Crippen molar-refractivity contribution in [1.82, 2.24) is 0 Å². The number of aliphatic hydroxyl groups excluding tert-OH is 1. The van der Waals surface area contributed by atoms with Crippen molar-refractivity contribution < 1.29 is 9.84 Å². The largest absolute Gasteiger partial charge is 0.461 e. The fraction of sp³-hybridized carbons (Fsp3) is 0.273. The summed E-state index contributed by atoms with van der Waals surface area (Å²) in [5.74, 6) is 0.693. The van der Waals surface area contributed by atoms with Crippen molar-refractivity contribution >= 4 is 0 Å². The van der Waals surface area contributed by atoms with Crippen molar-refractivity contribution in [2.24, 2.45) is 0 Å². The summed E-state index contributed by atoms with van der Waals surface area (Å²) in [7, 11) is 0. The van der Waals surface area contributed by atoms with Crippen LogP contribution in [0.3, 0.4) is 0 Å². The molecule has 70 valence electrons. The lowest BCUT2D eigenvalue weighted by molar-refractivity contribution is 0.0146. The third-order valence-electron chi connectivity index (χ3n) is 1.75. The van der Waals surface area contributed by atoms with Crippen LogP contribution in [0, 0.1) is 6.92 Å². The van der Waals surface area contributed by atoms with Gasteiger partial charge in [0.1, 0.15) is 5.75 Å². The molecule has 1 N–H and O–H groups in total. The van der Waals surface area contributed by atoms with E-state index in [9.17, 15) is 5.11 Å². The highest BCUT2D eigenvalue weighted by atomic mass is 16.6. The van der Waals surface area contributed by atoms with E-state index in [2.05, 4.69) is 6.58 Å². The topological polar surface area (TPSA) is 29.5 Å². The normalized spacial score (nSPS) is 12.2. The summed E-state index contributed by atoms with van der Waals surface area (Å²) in [4.78, 5) is 0. The molecule has 0 aliphatic carbocycles. The molecule has 0 bridgehead atoms. The molecule has 0 fully saturated rings. The van der Waals surface area contributed by atoms with Crippen LogP contribution in [-0.2, 0) is 0 Å². The molecule has 13 heavy (non-hydrogen) atoms. The first-order valence-electron chi connectivity index (χ1n) is 4.17. The number of para-hydroxylation sites is 1. The monoisotopic (exact) mass is 178 g/mol. The molecule has 0 spiro atoms. The number of hydrogen-bond donors (Lipinski definition) is 1. The third kappa shape index (κ3) is 2.60. The number of hydrogen-bond acceptors (Lipinski definition) is 2. The summed E-state index contributed by atoms with van der Waals surface area (Å²) in [6.07, 6.45) is -0.916. The average molecular weight is 178 g/mol. The fourth-order valence-corrected chi connectivity index (χ4v) is 0.910. The summed E-state index contributed by atoms with van der Waals surface area (Å²) in [5, 5.41) is 9.38. The number of benzene rings is 1. The second-order valence-corrected chi connectivity index (χ2v) is 3.08. The SMILES string of the molecule is C=C(C)C(O)Oc1ccccc1C. The Kier molecular flexibility index (Phi) is 3.09. The maximum atomic E-state index is 9.38. The van der Waals surface area contributed by atoms with Crippen LogP contribution in [0.5, 0.6) is 5.75 Å². The van der Waals surface area contributed by atoms with Crippen molar-refractivity contribution in [2.45, 2.75) is 20.1 Å². The van der Waals surface area contributed by atoms with E-state index in [1.807, 2.05) is 31.2 Å². The lowest BCUT2D eigenvalue weighted by Crippen LogP contribution is -2.16. The van der Waals surface area contributed by atoms with Gasteiger partial charge in [-0.3, -0.25) is 0 Å². The standard InChI is InChI=1S/C11H14O2/c1-8(2)11(12)13-10-7-5-4-6-9(10)3/h4-7,11-12H,1H2,2-3H3. The summed E-state index contributed by atoms with van der Waals surface area (Å²) >= 11 is 0. The quantitative estimate of drug-likeness (QED) is 0.568. The first-order valence-corrected chi connectivity index (χ1v) is 4.17. The number of aryl methyl sites for hydroxylation is 1. The van der Waals surface area contributed by atoms with E-state index in [4.69, 9.17) is 4.74 Å². The van der Waals surface area contributed by atoms with Crippen LogP contribution < -0.4 is 4.74 Å². The van der Waals surface area contributed by atoms with Crippen molar-refractivity contribution in [3.63, 3.8) is 0 Å². The zero-order chi connectivity index (χ0) is 9.84. The number of aliphatic hydroxyl groups is 1. The van der Waals surface area contributed by atoms with E-state index in [1.165, 1.54) is 0 Å². The molecule has 1 aromatic carbocycles. The Morgan fingerprint density at radius 1 is 1.46 bits per heavy atom. The maximum Gasteiger partial charge on any atom is 0.219 e. The predicted octanol–water partition coefficient (Wildman–Crippen LogP) is 2.27. The minimum absolute atomic E-state index is 0.600. The van der Waals surface area contributed by atoms with Crippen LogP contribution >= 0.6 is 0 Å². The number of rotatable bonds is 3. The van der Waals surface area contributed by atoms with Crippen LogP contribution in [0.1, 0.15) is 12.5 Å². The lowest BCUT2D eigenvalue weighted by atomic mass is 10.2. The third-order valence-corrected chi connectivity index (χ3v) is 1.75. The van der Waals surface area contributed by atoms with Crippen LogP contribution in [-0.4, -0.2) is 11.4 Å². The number of ether oxygens (including phenoxy) is 1. The van der Waals surface area contributed by atoms with Crippen LogP contribution in [0.15, 0.2) is 36.4 Å².